The third-order valence-corrected chi connectivity index (χ3v) is 7.08. The minimum Gasteiger partial charge on any atom is -0.326 e. The van der Waals surface area contributed by atoms with Gasteiger partial charge >= 0.3 is 6.18 Å². The number of thiophene rings is 1. The van der Waals surface area contributed by atoms with Crippen molar-refractivity contribution in [3.63, 3.8) is 0 Å². The molecule has 2 aromatic carbocycles. The monoisotopic (exact) mass is 505 g/mol. The minimum absolute atomic E-state index is 0.152. The van der Waals surface area contributed by atoms with Crippen LogP contribution in [-0.4, -0.2) is 30.4 Å². The maximum absolute atomic E-state index is 13.5. The zero-order valence-corrected chi connectivity index (χ0v) is 19.6. The van der Waals surface area contributed by atoms with E-state index in [4.69, 9.17) is 0 Å². The molecule has 0 aliphatic carbocycles. The molecule has 0 bridgehead atoms. The average Bonchev–Trinajstić information content (AvgIpc) is 3.40. The summed E-state index contributed by atoms with van der Waals surface area (Å²) >= 11 is 1.21. The Kier molecular flexibility index (Phi) is 6.09. The summed E-state index contributed by atoms with van der Waals surface area (Å²) in [5, 5.41) is 6.39. The molecule has 1 N–H and O–H groups in total. The van der Waals surface area contributed by atoms with E-state index in [1.165, 1.54) is 41.1 Å². The van der Waals surface area contributed by atoms with Crippen molar-refractivity contribution in [2.45, 2.75) is 18.0 Å². The number of hydrogen-bond donors (Lipinski definition) is 1. The Bertz CT molecular complexity index is 1490. The van der Waals surface area contributed by atoms with Crippen LogP contribution in [0.15, 0.2) is 71.6 Å². The van der Waals surface area contributed by atoms with Crippen molar-refractivity contribution in [3.8, 4) is 26.7 Å². The van der Waals surface area contributed by atoms with Gasteiger partial charge in [-0.05, 0) is 54.1 Å². The van der Waals surface area contributed by atoms with Gasteiger partial charge in [0.1, 0.15) is 0 Å². The molecule has 0 unspecified atom stereocenters. The Labute approximate surface area is 197 Å². The van der Waals surface area contributed by atoms with Crippen molar-refractivity contribution in [2.24, 2.45) is 0 Å². The quantitative estimate of drug-likeness (QED) is 0.380. The lowest BCUT2D eigenvalue weighted by Gasteiger charge is -2.09. The molecule has 34 heavy (non-hydrogen) atoms. The number of aromatic nitrogens is 2. The number of anilines is 1. The summed E-state index contributed by atoms with van der Waals surface area (Å²) in [6.45, 7) is 1.33. The summed E-state index contributed by atoms with van der Waals surface area (Å²) < 4.78 is 65.5. The number of rotatable bonds is 5. The van der Waals surface area contributed by atoms with Gasteiger partial charge in [-0.25, -0.2) is 13.1 Å². The van der Waals surface area contributed by atoms with Crippen molar-refractivity contribution in [1.29, 1.82) is 0 Å². The first-order valence-electron chi connectivity index (χ1n) is 9.88. The predicted molar refractivity (Wildman–Crippen MR) is 125 cm³/mol. The van der Waals surface area contributed by atoms with Gasteiger partial charge in [0.2, 0.25) is 5.91 Å². The summed E-state index contributed by atoms with van der Waals surface area (Å²) in [6, 6.07) is 17.1. The van der Waals surface area contributed by atoms with E-state index in [1.807, 2.05) is 0 Å². The Morgan fingerprint density at radius 2 is 1.71 bits per heavy atom. The topological polar surface area (TPSA) is 81.1 Å². The molecule has 176 valence electrons. The van der Waals surface area contributed by atoms with Crippen LogP contribution in [0, 0.1) is 0 Å². The maximum Gasteiger partial charge on any atom is 0.435 e. The third-order valence-electron chi connectivity index (χ3n) is 4.82. The number of nitrogens with zero attached hydrogens (tertiary/aromatic N) is 2. The lowest BCUT2D eigenvalue weighted by atomic mass is 10.2. The molecule has 2 heterocycles. The number of nitrogens with one attached hydrogen (secondary N) is 1. The summed E-state index contributed by atoms with van der Waals surface area (Å²) in [6.07, 6.45) is -3.54. The molecule has 11 heteroatoms. The first-order chi connectivity index (χ1) is 15.9. The van der Waals surface area contributed by atoms with E-state index < -0.39 is 21.7 Å². The number of benzene rings is 2. The van der Waals surface area contributed by atoms with Gasteiger partial charge in [0.15, 0.2) is 15.5 Å². The summed E-state index contributed by atoms with van der Waals surface area (Å²) in [5.41, 5.74) is 0.549. The number of carbonyl (C=O) groups is 1. The van der Waals surface area contributed by atoms with Crippen molar-refractivity contribution in [3.05, 3.63) is 72.4 Å². The van der Waals surface area contributed by atoms with Gasteiger partial charge in [-0.1, -0.05) is 18.2 Å². The maximum atomic E-state index is 13.5. The van der Waals surface area contributed by atoms with Crippen LogP contribution in [0.3, 0.4) is 0 Å². The Morgan fingerprint density at radius 3 is 2.38 bits per heavy atom. The van der Waals surface area contributed by atoms with Gasteiger partial charge in [-0.2, -0.15) is 18.3 Å². The van der Waals surface area contributed by atoms with Gasteiger partial charge < -0.3 is 5.32 Å². The summed E-state index contributed by atoms with van der Waals surface area (Å²) in [7, 11) is -3.41. The zero-order valence-electron chi connectivity index (χ0n) is 17.9. The van der Waals surface area contributed by atoms with E-state index in [9.17, 15) is 26.4 Å². The molecular weight excluding hydrogens is 487 g/mol. The molecule has 6 nitrogen and oxygen atoms in total. The van der Waals surface area contributed by atoms with Crippen LogP contribution in [0.2, 0.25) is 0 Å². The third kappa shape index (κ3) is 5.05. The molecule has 4 aromatic rings. The lowest BCUT2D eigenvalue weighted by Crippen LogP contribution is -2.08. The summed E-state index contributed by atoms with van der Waals surface area (Å²) in [5.74, 6) is -0.312. The molecule has 0 saturated carbocycles. The molecule has 0 saturated heterocycles. The molecule has 1 amide bonds. The molecule has 4 rings (SSSR count). The predicted octanol–water partition coefficient (Wildman–Crippen LogP) is 5.65. The van der Waals surface area contributed by atoms with Crippen LogP contribution in [0.4, 0.5) is 18.9 Å². The highest BCUT2D eigenvalue weighted by atomic mass is 32.2. The second-order valence-electron chi connectivity index (χ2n) is 7.52. The number of alkyl halides is 3. The normalized spacial score (nSPS) is 12.0. The summed E-state index contributed by atoms with van der Waals surface area (Å²) in [4.78, 5) is 12.7. The largest absolute Gasteiger partial charge is 0.435 e. The highest BCUT2D eigenvalue weighted by Gasteiger charge is 2.35. The second kappa shape index (κ2) is 8.73. The van der Waals surface area contributed by atoms with Gasteiger partial charge in [0, 0.05) is 23.7 Å². The number of hydrogen-bond acceptors (Lipinski definition) is 5. The van der Waals surface area contributed by atoms with Crippen LogP contribution < -0.4 is 5.32 Å². The van der Waals surface area contributed by atoms with E-state index in [-0.39, 0.29) is 16.5 Å². The van der Waals surface area contributed by atoms with Crippen LogP contribution in [0.5, 0.6) is 0 Å². The number of halogens is 3. The Hall–Kier alpha value is -3.44. The fourth-order valence-electron chi connectivity index (χ4n) is 3.32. The molecule has 0 radical (unpaired) electrons. The molecule has 0 spiro atoms. The minimum atomic E-state index is -4.65. The van der Waals surface area contributed by atoms with Crippen LogP contribution in [-0.2, 0) is 20.8 Å². The van der Waals surface area contributed by atoms with Crippen LogP contribution in [0.1, 0.15) is 12.6 Å². The fraction of sp³-hybridized carbons (Fsp3) is 0.130. The molecule has 0 aliphatic heterocycles. The highest BCUT2D eigenvalue weighted by Crippen LogP contribution is 2.39. The van der Waals surface area contributed by atoms with Gasteiger partial charge in [-0.15, -0.1) is 11.3 Å². The standard InChI is InChI=1S/C23H18F3N3O3S2/c1-14(30)27-16-6-4-7-17(12-16)29-19(13-22(28-29)23(24,25)26)21-10-9-20(33-21)15-5-3-8-18(11-15)34(2,31)32/h3-13H,1-2H3,(H,27,30). The Balaban J connectivity index is 1.81. The second-order valence-corrected chi connectivity index (χ2v) is 10.6. The lowest BCUT2D eigenvalue weighted by molar-refractivity contribution is -0.141. The van der Waals surface area contributed by atoms with Gasteiger partial charge in [0.05, 0.1) is 21.2 Å². The average molecular weight is 506 g/mol. The van der Waals surface area contributed by atoms with E-state index in [0.717, 1.165) is 12.3 Å². The van der Waals surface area contributed by atoms with Crippen LogP contribution >= 0.6 is 11.3 Å². The Morgan fingerprint density at radius 1 is 1.00 bits per heavy atom. The SMILES string of the molecule is CC(=O)Nc1cccc(-n2nc(C(F)(F)F)cc2-c2ccc(-c3cccc(S(C)(=O)=O)c3)s2)c1. The van der Waals surface area contributed by atoms with Crippen molar-refractivity contribution in [2.75, 3.05) is 11.6 Å². The molecule has 0 aliphatic rings. The number of amides is 1. The van der Waals surface area contributed by atoms with E-state index >= 15 is 0 Å². The zero-order chi connectivity index (χ0) is 24.7. The smallest absolute Gasteiger partial charge is 0.326 e. The van der Waals surface area contributed by atoms with Crippen LogP contribution in [0.25, 0.3) is 26.7 Å². The van der Waals surface area contributed by atoms with E-state index in [0.29, 0.717) is 26.7 Å². The van der Waals surface area contributed by atoms with Gasteiger partial charge in [-0.3, -0.25) is 4.79 Å². The molecule has 2 aromatic heterocycles. The molecule has 0 atom stereocenters. The fourth-order valence-corrected chi connectivity index (χ4v) is 4.99. The number of carbonyl (C=O) groups excluding carboxylic acids is 1. The van der Waals surface area contributed by atoms with Gasteiger partial charge in [0.25, 0.3) is 0 Å². The van der Waals surface area contributed by atoms with Crippen molar-refractivity contribution < 1.29 is 26.4 Å². The molecular formula is C23H18F3N3O3S2. The highest BCUT2D eigenvalue weighted by molar-refractivity contribution is 7.90. The molecule has 0 fully saturated rings. The van der Waals surface area contributed by atoms with Crippen molar-refractivity contribution in [1.82, 2.24) is 9.78 Å². The van der Waals surface area contributed by atoms with E-state index in [2.05, 4.69) is 10.4 Å². The number of sulfone groups is 1. The van der Waals surface area contributed by atoms with E-state index in [1.54, 1.807) is 42.5 Å². The van der Waals surface area contributed by atoms with Crippen molar-refractivity contribution >= 4 is 32.8 Å². The first-order valence-corrected chi connectivity index (χ1v) is 12.6. The first kappa shape index (κ1) is 23.7.